The Labute approximate surface area is 229 Å². The molecule has 4 N–H and O–H groups in total. The molecule has 0 bridgehead atoms. The molecule has 0 saturated carbocycles. The minimum absolute atomic E-state index is 0.114. The number of aromatic nitrogens is 3. The molecule has 2 saturated heterocycles. The number of ether oxygens (including phenoxy) is 1. The molecule has 3 aromatic rings. The van der Waals surface area contributed by atoms with Crippen LogP contribution in [0, 0.1) is 0 Å². The second kappa shape index (κ2) is 12.3. The lowest BCUT2D eigenvalue weighted by Crippen LogP contribution is -2.43. The molecule has 1 aromatic carbocycles. The molecule has 41 heavy (non-hydrogen) atoms. The summed E-state index contributed by atoms with van der Waals surface area (Å²) in [6, 6.07) is 7.16. The highest BCUT2D eigenvalue weighted by Gasteiger charge is 2.38. The van der Waals surface area contributed by atoms with Gasteiger partial charge in [-0.05, 0) is 54.7 Å². The van der Waals surface area contributed by atoms with Crippen molar-refractivity contribution in [3.63, 3.8) is 0 Å². The van der Waals surface area contributed by atoms with E-state index in [9.17, 15) is 31.1 Å². The topological polar surface area (TPSA) is 132 Å². The average molecular weight is 589 g/mol. The standard InChI is InChI=1S/C23H25F3N6O2.C2HF3O2/c24-23(25,26)34-16-3-1-15(2-4-16)22(33)32-11-6-14(7-12-32)17-5-8-29-21-19(17)30-20(31-21)18-13-27-9-10-28-18;3-2(4,5)1(6)7/h1-5,8,14,18,27-28H,6-7,9-13H2,(H,29,30,31);(H,6,7)/t18-;/m1./s1. The summed E-state index contributed by atoms with van der Waals surface area (Å²) in [6.45, 7) is 3.73. The molecule has 0 unspecified atom stereocenters. The van der Waals surface area contributed by atoms with E-state index in [1.54, 1.807) is 11.1 Å². The van der Waals surface area contributed by atoms with Crippen LogP contribution >= 0.6 is 0 Å². The van der Waals surface area contributed by atoms with E-state index in [-0.39, 0.29) is 23.6 Å². The van der Waals surface area contributed by atoms with Crippen molar-refractivity contribution in [2.75, 3.05) is 32.7 Å². The van der Waals surface area contributed by atoms with Crippen molar-refractivity contribution >= 4 is 23.0 Å². The molecule has 16 heteroatoms. The van der Waals surface area contributed by atoms with E-state index >= 15 is 0 Å². The normalized spacial score (nSPS) is 18.5. The number of amides is 1. The van der Waals surface area contributed by atoms with Gasteiger partial charge in [-0.1, -0.05) is 0 Å². The number of pyridine rings is 1. The zero-order valence-corrected chi connectivity index (χ0v) is 21.3. The molecule has 0 radical (unpaired) electrons. The van der Waals surface area contributed by atoms with Gasteiger partial charge in [0.25, 0.3) is 5.91 Å². The number of hydrogen-bond donors (Lipinski definition) is 4. The third-order valence-corrected chi connectivity index (χ3v) is 6.60. The van der Waals surface area contributed by atoms with Crippen molar-refractivity contribution < 1.29 is 45.8 Å². The van der Waals surface area contributed by atoms with Crippen molar-refractivity contribution in [3.8, 4) is 5.75 Å². The number of carboxylic acid groups (broad SMARTS) is 1. The summed E-state index contributed by atoms with van der Waals surface area (Å²) in [5.74, 6) is -2.19. The van der Waals surface area contributed by atoms with Gasteiger partial charge in [0.05, 0.1) is 6.04 Å². The van der Waals surface area contributed by atoms with Crippen LogP contribution in [-0.2, 0) is 4.79 Å². The fourth-order valence-corrected chi connectivity index (χ4v) is 4.66. The number of hydrogen-bond acceptors (Lipinski definition) is 7. The lowest BCUT2D eigenvalue weighted by molar-refractivity contribution is -0.274. The van der Waals surface area contributed by atoms with Crippen LogP contribution in [0.15, 0.2) is 36.5 Å². The lowest BCUT2D eigenvalue weighted by atomic mass is 9.89. The largest absolute Gasteiger partial charge is 0.573 e. The number of halogens is 6. The third kappa shape index (κ3) is 7.85. The van der Waals surface area contributed by atoms with Crippen LogP contribution in [0.4, 0.5) is 26.3 Å². The monoisotopic (exact) mass is 588 g/mol. The first kappa shape index (κ1) is 30.0. The molecular formula is C25H26F6N6O4. The van der Waals surface area contributed by atoms with Crippen molar-refractivity contribution in [1.82, 2.24) is 30.5 Å². The van der Waals surface area contributed by atoms with Crippen LogP contribution in [-0.4, -0.2) is 82.1 Å². The van der Waals surface area contributed by atoms with E-state index in [4.69, 9.17) is 14.9 Å². The number of carbonyl (C=O) groups excluding carboxylic acids is 1. The molecule has 2 aromatic heterocycles. The number of piperidine rings is 1. The molecule has 0 spiro atoms. The predicted molar refractivity (Wildman–Crippen MR) is 132 cm³/mol. The number of nitrogens with one attached hydrogen (secondary N) is 3. The van der Waals surface area contributed by atoms with Gasteiger partial charge >= 0.3 is 18.5 Å². The summed E-state index contributed by atoms with van der Waals surface area (Å²) < 4.78 is 72.7. The fourth-order valence-electron chi connectivity index (χ4n) is 4.66. The van der Waals surface area contributed by atoms with E-state index in [2.05, 4.69) is 25.3 Å². The van der Waals surface area contributed by atoms with Gasteiger partial charge < -0.3 is 30.4 Å². The predicted octanol–water partition coefficient (Wildman–Crippen LogP) is 3.74. The number of carbonyl (C=O) groups is 2. The molecular weight excluding hydrogens is 562 g/mol. The first-order chi connectivity index (χ1) is 19.3. The maximum atomic E-state index is 12.9. The number of rotatable bonds is 4. The molecule has 10 nitrogen and oxygen atoms in total. The number of aromatic amines is 1. The number of likely N-dealkylation sites (tertiary alicyclic amines) is 1. The van der Waals surface area contributed by atoms with Crippen molar-refractivity contribution in [2.24, 2.45) is 0 Å². The van der Waals surface area contributed by atoms with Gasteiger partial charge in [0.2, 0.25) is 0 Å². The van der Waals surface area contributed by atoms with Gasteiger partial charge in [0.15, 0.2) is 5.65 Å². The molecule has 2 fully saturated rings. The molecule has 1 atom stereocenters. The van der Waals surface area contributed by atoms with Gasteiger partial charge in [-0.3, -0.25) is 4.79 Å². The second-order valence-corrected chi connectivity index (χ2v) is 9.37. The van der Waals surface area contributed by atoms with Crippen molar-refractivity contribution in [1.29, 1.82) is 0 Å². The van der Waals surface area contributed by atoms with Gasteiger partial charge in [-0.25, -0.2) is 14.8 Å². The van der Waals surface area contributed by atoms with E-state index in [1.165, 1.54) is 12.1 Å². The Morgan fingerprint density at radius 3 is 2.22 bits per heavy atom. The Morgan fingerprint density at radius 2 is 1.66 bits per heavy atom. The quantitative estimate of drug-likeness (QED) is 0.339. The minimum Gasteiger partial charge on any atom is -0.475 e. The lowest BCUT2D eigenvalue weighted by Gasteiger charge is -2.32. The smallest absolute Gasteiger partial charge is 0.475 e. The molecule has 4 heterocycles. The van der Waals surface area contributed by atoms with Crippen LogP contribution in [0.5, 0.6) is 5.75 Å². The Hall–Kier alpha value is -3.92. The number of carboxylic acids is 1. The Balaban J connectivity index is 0.000000493. The van der Waals surface area contributed by atoms with E-state index in [0.717, 1.165) is 67.2 Å². The average Bonchev–Trinajstić information content (AvgIpc) is 3.37. The van der Waals surface area contributed by atoms with Gasteiger partial charge in [0.1, 0.15) is 17.1 Å². The number of H-pyrrole nitrogens is 1. The van der Waals surface area contributed by atoms with E-state index < -0.39 is 18.5 Å². The molecule has 2 aliphatic rings. The summed E-state index contributed by atoms with van der Waals surface area (Å²) in [5, 5.41) is 13.9. The van der Waals surface area contributed by atoms with Crippen LogP contribution in [0.25, 0.3) is 11.2 Å². The maximum absolute atomic E-state index is 12.9. The number of imidazole rings is 1. The van der Waals surface area contributed by atoms with E-state index in [0.29, 0.717) is 18.7 Å². The summed E-state index contributed by atoms with van der Waals surface area (Å²) in [4.78, 5) is 36.1. The van der Waals surface area contributed by atoms with Gasteiger partial charge in [0, 0.05) is 44.5 Å². The number of benzene rings is 1. The minimum atomic E-state index is -5.08. The molecule has 5 rings (SSSR count). The summed E-state index contributed by atoms with van der Waals surface area (Å²) in [5.41, 5.74) is 3.09. The summed E-state index contributed by atoms with van der Waals surface area (Å²) >= 11 is 0. The fraction of sp³-hybridized carbons (Fsp3) is 0.440. The first-order valence-corrected chi connectivity index (χ1v) is 12.6. The van der Waals surface area contributed by atoms with Gasteiger partial charge in [-0.2, -0.15) is 13.2 Å². The molecule has 222 valence electrons. The van der Waals surface area contributed by atoms with Crippen LogP contribution in [0.1, 0.15) is 46.5 Å². The summed E-state index contributed by atoms with van der Waals surface area (Å²) in [7, 11) is 0. The van der Waals surface area contributed by atoms with Crippen LogP contribution < -0.4 is 15.4 Å². The number of aliphatic carboxylic acids is 1. The highest BCUT2D eigenvalue weighted by Crippen LogP contribution is 2.33. The second-order valence-electron chi connectivity index (χ2n) is 9.37. The zero-order chi connectivity index (χ0) is 29.8. The molecule has 1 amide bonds. The highest BCUT2D eigenvalue weighted by atomic mass is 19.4. The van der Waals surface area contributed by atoms with E-state index in [1.807, 2.05) is 6.07 Å². The SMILES string of the molecule is O=C(O)C(F)(F)F.O=C(c1ccc(OC(F)(F)F)cc1)N1CCC(c2ccnc3[nH]c([C@H]4CNCCN4)nc23)CC1. The first-order valence-electron chi connectivity index (χ1n) is 12.6. The molecule has 0 aliphatic carbocycles. The summed E-state index contributed by atoms with van der Waals surface area (Å²) in [6.07, 6.45) is -6.52. The number of fused-ring (bicyclic) bond motifs is 1. The zero-order valence-electron chi connectivity index (χ0n) is 21.3. The number of piperazine rings is 1. The number of alkyl halides is 6. The highest BCUT2D eigenvalue weighted by molar-refractivity contribution is 5.94. The Kier molecular flexibility index (Phi) is 9.01. The van der Waals surface area contributed by atoms with Crippen LogP contribution in [0.2, 0.25) is 0 Å². The van der Waals surface area contributed by atoms with Gasteiger partial charge in [-0.15, -0.1) is 13.2 Å². The third-order valence-electron chi connectivity index (χ3n) is 6.60. The van der Waals surface area contributed by atoms with Crippen molar-refractivity contribution in [3.05, 3.63) is 53.5 Å². The number of nitrogens with zero attached hydrogens (tertiary/aromatic N) is 3. The Morgan fingerprint density at radius 1 is 1.00 bits per heavy atom. The maximum Gasteiger partial charge on any atom is 0.573 e. The van der Waals surface area contributed by atoms with Crippen molar-refractivity contribution in [2.45, 2.75) is 37.3 Å². The molecule has 2 aliphatic heterocycles. The Bertz CT molecular complexity index is 1350. The van der Waals surface area contributed by atoms with Crippen LogP contribution in [0.3, 0.4) is 0 Å².